The summed E-state index contributed by atoms with van der Waals surface area (Å²) in [5.74, 6) is -0.353. The van der Waals surface area contributed by atoms with Gasteiger partial charge in [-0.2, -0.15) is 23.3 Å². The first kappa shape index (κ1) is 27.7. The number of thioether (sulfide) groups is 1. The maximum absolute atomic E-state index is 13.5. The molecule has 1 aromatic heterocycles. The van der Waals surface area contributed by atoms with Crippen LogP contribution in [0.25, 0.3) is 17.0 Å². The fourth-order valence-electron chi connectivity index (χ4n) is 4.86. The van der Waals surface area contributed by atoms with Crippen LogP contribution in [0.1, 0.15) is 29.5 Å². The molecule has 7 nitrogen and oxygen atoms in total. The molecule has 1 amide bonds. The Kier molecular flexibility index (Phi) is 8.04. The minimum Gasteiger partial charge on any atom is -0.390 e. The number of rotatable bonds is 7. The number of hydrogen-bond donors (Lipinski definition) is 1. The Hall–Kier alpha value is -2.86. The summed E-state index contributed by atoms with van der Waals surface area (Å²) in [7, 11) is 1.81. The van der Waals surface area contributed by atoms with Crippen molar-refractivity contribution in [2.24, 2.45) is 4.99 Å². The molecule has 0 radical (unpaired) electrons. The van der Waals surface area contributed by atoms with Crippen molar-refractivity contribution in [1.82, 2.24) is 19.6 Å². The highest BCUT2D eigenvalue weighted by Gasteiger charge is 2.33. The number of hydrogen-bond acceptors (Lipinski definition) is 6. The molecule has 0 spiro atoms. The van der Waals surface area contributed by atoms with Gasteiger partial charge >= 0.3 is 6.18 Å². The first-order chi connectivity index (χ1) is 18.6. The third-order valence-corrected chi connectivity index (χ3v) is 8.08. The molecule has 2 aliphatic rings. The molecule has 0 aliphatic carbocycles. The first-order valence-corrected chi connectivity index (χ1v) is 13.7. The highest BCUT2D eigenvalue weighted by molar-refractivity contribution is 8.18. The molecule has 1 atom stereocenters. The number of nitrogens with zero attached hydrogens (tertiary/aromatic N) is 5. The summed E-state index contributed by atoms with van der Waals surface area (Å²) in [4.78, 5) is 21.2. The van der Waals surface area contributed by atoms with Crippen LogP contribution in [0.5, 0.6) is 0 Å². The third-order valence-electron chi connectivity index (χ3n) is 6.75. The van der Waals surface area contributed by atoms with Crippen LogP contribution in [0.2, 0.25) is 5.02 Å². The van der Waals surface area contributed by atoms with Gasteiger partial charge < -0.3 is 14.9 Å². The van der Waals surface area contributed by atoms with Gasteiger partial charge in [0.05, 0.1) is 34.8 Å². The van der Waals surface area contributed by atoms with E-state index in [2.05, 4.69) is 15.0 Å². The average molecular weight is 578 g/mol. The van der Waals surface area contributed by atoms with E-state index in [-0.39, 0.29) is 23.0 Å². The van der Waals surface area contributed by atoms with Crippen LogP contribution in [0.15, 0.2) is 52.5 Å². The summed E-state index contributed by atoms with van der Waals surface area (Å²) in [6, 6.07) is 9.10. The van der Waals surface area contributed by atoms with E-state index < -0.39 is 17.8 Å². The molecular formula is C27H27ClF3N5O2S. The van der Waals surface area contributed by atoms with E-state index in [4.69, 9.17) is 11.6 Å². The lowest BCUT2D eigenvalue weighted by atomic mass is 10.1. The largest absolute Gasteiger partial charge is 0.416 e. The molecule has 1 saturated heterocycles. The Morgan fingerprint density at radius 1 is 1.21 bits per heavy atom. The standard InChI is InChI=1S/C27H27ClF3N5O2S/c1-34(15-21(37)16-35-8-2-3-9-35)26-33-25(38)24(39-26)11-17-4-7-23-19(10-17)13-32-36(23)14-18-5-6-20(28)12-22(18)27(29,30)31/h4-7,10-13,21,37H,2-3,8-9,14-16H2,1H3. The van der Waals surface area contributed by atoms with Crippen LogP contribution in [-0.4, -0.2) is 75.1 Å². The zero-order valence-electron chi connectivity index (χ0n) is 21.2. The van der Waals surface area contributed by atoms with Gasteiger partial charge in [-0.1, -0.05) is 23.7 Å². The molecule has 3 heterocycles. The summed E-state index contributed by atoms with van der Waals surface area (Å²) < 4.78 is 42.1. The number of aliphatic hydroxyl groups is 1. The summed E-state index contributed by atoms with van der Waals surface area (Å²) in [5, 5.41) is 16.0. The number of β-amino-alcohol motifs (C(OH)–C–C–N with tert-alkyl or cyclic N) is 1. The molecule has 39 heavy (non-hydrogen) atoms. The van der Waals surface area contributed by atoms with E-state index in [0.717, 1.165) is 42.9 Å². The maximum atomic E-state index is 13.5. The lowest BCUT2D eigenvalue weighted by molar-refractivity contribution is -0.138. The number of aliphatic hydroxyl groups excluding tert-OH is 1. The van der Waals surface area contributed by atoms with Gasteiger partial charge in [-0.05, 0) is 79.2 Å². The second kappa shape index (κ2) is 11.3. The molecule has 2 aromatic carbocycles. The second-order valence-corrected chi connectivity index (χ2v) is 11.2. The number of likely N-dealkylation sites (tertiary alicyclic amines) is 1. The number of amidine groups is 1. The Labute approximate surface area is 232 Å². The summed E-state index contributed by atoms with van der Waals surface area (Å²) in [5.41, 5.74) is 0.680. The molecule has 0 saturated carbocycles. The van der Waals surface area contributed by atoms with E-state index in [0.29, 0.717) is 28.7 Å². The van der Waals surface area contributed by atoms with Crippen LogP contribution in [0, 0.1) is 0 Å². The number of fused-ring (bicyclic) bond motifs is 1. The minimum absolute atomic E-state index is 0.0185. The predicted molar refractivity (Wildman–Crippen MR) is 148 cm³/mol. The van der Waals surface area contributed by atoms with Crippen LogP contribution >= 0.6 is 23.4 Å². The molecule has 3 aromatic rings. The van der Waals surface area contributed by atoms with E-state index in [1.54, 1.807) is 36.4 Å². The van der Waals surface area contributed by atoms with Crippen molar-refractivity contribution in [1.29, 1.82) is 0 Å². The van der Waals surface area contributed by atoms with Gasteiger partial charge in [0.1, 0.15) is 0 Å². The number of benzene rings is 2. The molecule has 206 valence electrons. The number of carbonyl (C=O) groups is 1. The van der Waals surface area contributed by atoms with E-state index >= 15 is 0 Å². The lowest BCUT2D eigenvalue weighted by Crippen LogP contribution is -2.39. The molecular weight excluding hydrogens is 551 g/mol. The van der Waals surface area contributed by atoms with E-state index in [1.165, 1.54) is 28.6 Å². The van der Waals surface area contributed by atoms with Crippen molar-refractivity contribution in [3.63, 3.8) is 0 Å². The van der Waals surface area contributed by atoms with Crippen molar-refractivity contribution in [3.05, 3.63) is 69.2 Å². The van der Waals surface area contributed by atoms with Crippen molar-refractivity contribution >= 4 is 51.4 Å². The zero-order valence-corrected chi connectivity index (χ0v) is 22.7. The molecule has 5 rings (SSSR count). The number of likely N-dealkylation sites (N-methyl/N-ethyl adjacent to an activating group) is 1. The van der Waals surface area contributed by atoms with Gasteiger partial charge in [0.25, 0.3) is 5.91 Å². The van der Waals surface area contributed by atoms with E-state index in [9.17, 15) is 23.1 Å². The zero-order chi connectivity index (χ0) is 27.7. The number of carbonyl (C=O) groups excluding carboxylic acids is 1. The van der Waals surface area contributed by atoms with Gasteiger partial charge in [-0.15, -0.1) is 0 Å². The Morgan fingerprint density at radius 2 is 1.97 bits per heavy atom. The van der Waals surface area contributed by atoms with Crippen LogP contribution < -0.4 is 0 Å². The molecule has 12 heteroatoms. The number of alkyl halides is 3. The van der Waals surface area contributed by atoms with Gasteiger partial charge in [-0.25, -0.2) is 0 Å². The number of amides is 1. The topological polar surface area (TPSA) is 74.0 Å². The number of halogens is 4. The fraction of sp³-hybridized carbons (Fsp3) is 0.370. The van der Waals surface area contributed by atoms with Crippen LogP contribution in [0.4, 0.5) is 13.2 Å². The van der Waals surface area contributed by atoms with Crippen molar-refractivity contribution in [3.8, 4) is 0 Å². The summed E-state index contributed by atoms with van der Waals surface area (Å²) in [6.07, 6.45) is 0.550. The quantitative estimate of drug-likeness (QED) is 0.393. The Balaban J connectivity index is 1.27. The smallest absolute Gasteiger partial charge is 0.390 e. The van der Waals surface area contributed by atoms with Crippen LogP contribution in [-0.2, 0) is 17.5 Å². The minimum atomic E-state index is -4.53. The molecule has 1 unspecified atom stereocenters. The normalized spacial score (nSPS) is 18.4. The SMILES string of the molecule is CN(CC(O)CN1CCCC1)C1=NC(=O)C(=Cc2ccc3c(cnn3Cc3ccc(Cl)cc3C(F)(F)F)c2)S1. The predicted octanol–water partition coefficient (Wildman–Crippen LogP) is 5.12. The third kappa shape index (κ3) is 6.49. The Morgan fingerprint density at radius 3 is 2.72 bits per heavy atom. The highest BCUT2D eigenvalue weighted by atomic mass is 35.5. The van der Waals surface area contributed by atoms with Gasteiger partial charge in [-0.3, -0.25) is 9.48 Å². The highest BCUT2D eigenvalue weighted by Crippen LogP contribution is 2.35. The maximum Gasteiger partial charge on any atom is 0.416 e. The number of aliphatic imine (C=N–C) groups is 1. The average Bonchev–Trinajstić information content (AvgIpc) is 3.61. The molecule has 1 N–H and O–H groups in total. The molecule has 1 fully saturated rings. The second-order valence-electron chi connectivity index (χ2n) is 9.77. The summed E-state index contributed by atoms with van der Waals surface area (Å²) >= 11 is 7.05. The van der Waals surface area contributed by atoms with Crippen molar-refractivity contribution in [2.75, 3.05) is 33.2 Å². The van der Waals surface area contributed by atoms with Crippen molar-refractivity contribution in [2.45, 2.75) is 31.7 Å². The van der Waals surface area contributed by atoms with Gasteiger partial charge in [0, 0.05) is 30.5 Å². The monoisotopic (exact) mass is 577 g/mol. The van der Waals surface area contributed by atoms with Gasteiger partial charge in [0.15, 0.2) is 5.17 Å². The van der Waals surface area contributed by atoms with E-state index in [1.807, 2.05) is 6.07 Å². The first-order valence-electron chi connectivity index (χ1n) is 12.5. The molecule has 2 aliphatic heterocycles. The summed E-state index contributed by atoms with van der Waals surface area (Å²) in [6.45, 7) is 2.90. The number of aromatic nitrogens is 2. The van der Waals surface area contributed by atoms with Gasteiger partial charge in [0.2, 0.25) is 0 Å². The Bertz CT molecular complexity index is 1450. The fourth-order valence-corrected chi connectivity index (χ4v) is 5.92. The lowest BCUT2D eigenvalue weighted by Gasteiger charge is -2.24. The molecule has 0 bridgehead atoms. The van der Waals surface area contributed by atoms with Crippen LogP contribution in [0.3, 0.4) is 0 Å². The van der Waals surface area contributed by atoms with Crippen molar-refractivity contribution < 1.29 is 23.1 Å².